The first-order valence-corrected chi connectivity index (χ1v) is 13.8. The number of likely N-dealkylation sites (N-methyl/N-ethyl adjacent to an activating group) is 1. The topological polar surface area (TPSA) is 105 Å². The van der Waals surface area contributed by atoms with Crippen LogP contribution in [0, 0.1) is 0 Å². The molecule has 0 unspecified atom stereocenters. The van der Waals surface area contributed by atoms with Gasteiger partial charge in [-0.3, -0.25) is 13.9 Å². The van der Waals surface area contributed by atoms with Crippen molar-refractivity contribution < 1.29 is 27.5 Å². The summed E-state index contributed by atoms with van der Waals surface area (Å²) < 4.78 is 38.2. The first-order chi connectivity index (χ1) is 17.1. The Morgan fingerprint density at radius 1 is 1.06 bits per heavy atom. The first-order valence-electron chi connectivity index (χ1n) is 11.5. The van der Waals surface area contributed by atoms with Crippen LogP contribution in [0.15, 0.2) is 36.4 Å². The van der Waals surface area contributed by atoms with Gasteiger partial charge in [0.1, 0.15) is 25.8 Å². The average Bonchev–Trinajstić information content (AvgIpc) is 2.86. The molecule has 1 atom stereocenters. The molecule has 0 aliphatic carbocycles. The van der Waals surface area contributed by atoms with Gasteiger partial charge in [0.2, 0.25) is 21.8 Å². The van der Waals surface area contributed by atoms with Crippen LogP contribution in [0.2, 0.25) is 10.0 Å². The van der Waals surface area contributed by atoms with Gasteiger partial charge in [-0.25, -0.2) is 8.42 Å². The number of benzene rings is 2. The molecule has 0 spiro atoms. The summed E-state index contributed by atoms with van der Waals surface area (Å²) in [7, 11) is -3.87. The maximum absolute atomic E-state index is 13.6. The zero-order valence-electron chi connectivity index (χ0n) is 20.3. The first kappa shape index (κ1) is 27.9. The highest BCUT2D eigenvalue weighted by Crippen LogP contribution is 2.35. The maximum atomic E-state index is 13.6. The number of halogens is 2. The summed E-state index contributed by atoms with van der Waals surface area (Å²) in [6, 6.07) is 8.64. The van der Waals surface area contributed by atoms with Gasteiger partial charge in [-0.1, -0.05) is 29.3 Å². The molecule has 2 amide bonds. The molecule has 36 heavy (non-hydrogen) atoms. The highest BCUT2D eigenvalue weighted by molar-refractivity contribution is 7.92. The van der Waals surface area contributed by atoms with Crippen LogP contribution in [0.1, 0.15) is 26.3 Å². The molecule has 12 heteroatoms. The van der Waals surface area contributed by atoms with Gasteiger partial charge in [-0.2, -0.15) is 0 Å². The molecule has 0 radical (unpaired) electrons. The second kappa shape index (κ2) is 12.0. The minimum absolute atomic E-state index is 0.0196. The summed E-state index contributed by atoms with van der Waals surface area (Å²) >= 11 is 12.3. The van der Waals surface area contributed by atoms with E-state index in [1.807, 2.05) is 0 Å². The predicted octanol–water partition coefficient (Wildman–Crippen LogP) is 3.47. The number of nitrogens with one attached hydrogen (secondary N) is 1. The Hall–Kier alpha value is -2.69. The van der Waals surface area contributed by atoms with Crippen molar-refractivity contribution in [1.82, 2.24) is 10.2 Å². The molecule has 0 bridgehead atoms. The van der Waals surface area contributed by atoms with Crippen LogP contribution in [-0.2, 0) is 26.2 Å². The lowest BCUT2D eigenvalue weighted by Crippen LogP contribution is -2.51. The Labute approximate surface area is 221 Å². The molecule has 196 valence electrons. The Balaban J connectivity index is 1.96. The zero-order valence-corrected chi connectivity index (χ0v) is 22.6. The van der Waals surface area contributed by atoms with Gasteiger partial charge in [-0.15, -0.1) is 0 Å². The number of carbonyl (C=O) groups excluding carboxylic acids is 2. The normalized spacial score (nSPS) is 13.6. The van der Waals surface area contributed by atoms with Crippen molar-refractivity contribution in [1.29, 1.82) is 0 Å². The van der Waals surface area contributed by atoms with Gasteiger partial charge in [0.05, 0.1) is 11.4 Å². The summed E-state index contributed by atoms with van der Waals surface area (Å²) in [4.78, 5) is 27.6. The molecule has 0 fully saturated rings. The quantitative estimate of drug-likeness (QED) is 0.479. The van der Waals surface area contributed by atoms with Crippen LogP contribution < -0.4 is 19.1 Å². The molecule has 1 aliphatic rings. The molecule has 0 aromatic heterocycles. The number of amides is 2. The summed E-state index contributed by atoms with van der Waals surface area (Å²) in [5.41, 5.74) is 0.819. The van der Waals surface area contributed by atoms with Crippen molar-refractivity contribution in [2.24, 2.45) is 0 Å². The van der Waals surface area contributed by atoms with Crippen molar-refractivity contribution in [2.75, 3.05) is 36.4 Å². The van der Waals surface area contributed by atoms with Gasteiger partial charge in [-0.05, 0) is 50.6 Å². The van der Waals surface area contributed by atoms with E-state index in [9.17, 15) is 18.0 Å². The number of carbonyl (C=O) groups is 2. The number of ether oxygens (including phenoxy) is 2. The summed E-state index contributed by atoms with van der Waals surface area (Å²) in [6.45, 7) is 5.39. The number of hydrogen-bond donors (Lipinski definition) is 1. The van der Waals surface area contributed by atoms with E-state index in [0.717, 1.165) is 4.31 Å². The Morgan fingerprint density at radius 2 is 1.75 bits per heavy atom. The Bertz CT molecular complexity index is 1220. The lowest BCUT2D eigenvalue weighted by Gasteiger charge is -2.32. The second-order valence-electron chi connectivity index (χ2n) is 8.06. The highest BCUT2D eigenvalue weighted by atomic mass is 35.5. The lowest BCUT2D eigenvalue weighted by atomic mass is 10.1. The lowest BCUT2D eigenvalue weighted by molar-refractivity contribution is -0.139. The smallest absolute Gasteiger partial charge is 0.244 e. The minimum atomic E-state index is -3.87. The van der Waals surface area contributed by atoms with Crippen molar-refractivity contribution >= 4 is 50.7 Å². The number of nitrogens with zero attached hydrogens (tertiary/aromatic N) is 2. The maximum Gasteiger partial charge on any atom is 0.244 e. The third-order valence-corrected chi connectivity index (χ3v) is 8.00. The van der Waals surface area contributed by atoms with Crippen LogP contribution >= 0.6 is 23.2 Å². The van der Waals surface area contributed by atoms with Crippen molar-refractivity contribution in [2.45, 2.75) is 33.4 Å². The largest absolute Gasteiger partial charge is 0.486 e. The van der Waals surface area contributed by atoms with E-state index in [1.165, 1.54) is 17.9 Å². The SMILES string of the molecule is CCNC(=O)[C@@H](C)N(Cc1ccc(Cl)cc1Cl)C(=O)CN(c1ccc2c(c1)OCCO2)S(=O)(=O)CC. The number of rotatable bonds is 10. The van der Waals surface area contributed by atoms with Crippen LogP contribution in [-0.4, -0.2) is 63.2 Å². The van der Waals surface area contributed by atoms with E-state index in [1.54, 1.807) is 44.2 Å². The molecule has 3 rings (SSSR count). The third kappa shape index (κ3) is 6.54. The average molecular weight is 558 g/mol. The number of sulfonamides is 1. The van der Waals surface area contributed by atoms with E-state index < -0.39 is 28.5 Å². The van der Waals surface area contributed by atoms with E-state index in [4.69, 9.17) is 32.7 Å². The van der Waals surface area contributed by atoms with Crippen LogP contribution in [0.3, 0.4) is 0 Å². The van der Waals surface area contributed by atoms with Gasteiger partial charge in [0.15, 0.2) is 11.5 Å². The summed E-state index contributed by atoms with van der Waals surface area (Å²) in [5, 5.41) is 3.46. The molecule has 1 aliphatic heterocycles. The zero-order chi connectivity index (χ0) is 26.5. The fourth-order valence-corrected chi connectivity index (χ4v) is 5.17. The fourth-order valence-electron chi connectivity index (χ4n) is 3.64. The van der Waals surface area contributed by atoms with Crippen LogP contribution in [0.4, 0.5) is 5.69 Å². The van der Waals surface area contributed by atoms with E-state index >= 15 is 0 Å². The van der Waals surface area contributed by atoms with E-state index in [2.05, 4.69) is 5.32 Å². The monoisotopic (exact) mass is 557 g/mol. The van der Waals surface area contributed by atoms with Crippen molar-refractivity contribution in [3.05, 3.63) is 52.0 Å². The molecular weight excluding hydrogens is 529 g/mol. The van der Waals surface area contributed by atoms with Crippen LogP contribution in [0.25, 0.3) is 0 Å². The molecule has 1 N–H and O–H groups in total. The van der Waals surface area contributed by atoms with E-state index in [-0.39, 0.29) is 23.9 Å². The Morgan fingerprint density at radius 3 is 2.39 bits per heavy atom. The van der Waals surface area contributed by atoms with Crippen molar-refractivity contribution in [3.63, 3.8) is 0 Å². The summed E-state index contributed by atoms with van der Waals surface area (Å²) in [6.07, 6.45) is 0. The van der Waals surface area contributed by atoms with Crippen molar-refractivity contribution in [3.8, 4) is 11.5 Å². The molecule has 0 saturated carbocycles. The molecule has 2 aromatic carbocycles. The van der Waals surface area contributed by atoms with E-state index in [0.29, 0.717) is 46.9 Å². The van der Waals surface area contributed by atoms with Gasteiger partial charge in [0.25, 0.3) is 0 Å². The molecular formula is C24H29Cl2N3O6S. The molecule has 1 heterocycles. The minimum Gasteiger partial charge on any atom is -0.486 e. The molecule has 9 nitrogen and oxygen atoms in total. The van der Waals surface area contributed by atoms with Crippen LogP contribution in [0.5, 0.6) is 11.5 Å². The van der Waals surface area contributed by atoms with Gasteiger partial charge >= 0.3 is 0 Å². The van der Waals surface area contributed by atoms with Gasteiger partial charge < -0.3 is 19.7 Å². The standard InChI is InChI=1S/C24H29Cl2N3O6S/c1-4-27-24(31)16(3)28(14-17-6-7-18(25)12-20(17)26)23(30)15-29(36(32,33)5-2)19-8-9-21-22(13-19)35-11-10-34-21/h6-9,12-13,16H,4-5,10-11,14-15H2,1-3H3,(H,27,31)/t16-/m1/s1. The summed E-state index contributed by atoms with van der Waals surface area (Å²) in [5.74, 6) is -0.298. The number of hydrogen-bond acceptors (Lipinski definition) is 6. The molecule has 0 saturated heterocycles. The molecule has 2 aromatic rings. The van der Waals surface area contributed by atoms with Gasteiger partial charge in [0, 0.05) is 29.2 Å². The number of fused-ring (bicyclic) bond motifs is 1. The number of anilines is 1. The third-order valence-electron chi connectivity index (χ3n) is 5.67. The predicted molar refractivity (Wildman–Crippen MR) is 139 cm³/mol. The Kier molecular flexibility index (Phi) is 9.32. The second-order valence-corrected chi connectivity index (χ2v) is 11.1. The fraction of sp³-hybridized carbons (Fsp3) is 0.417. The highest BCUT2D eigenvalue weighted by Gasteiger charge is 2.31.